The number of aliphatic carboxylic acids is 1. The highest BCUT2D eigenvalue weighted by molar-refractivity contribution is 7.09. The summed E-state index contributed by atoms with van der Waals surface area (Å²) in [5.74, 6) is -1.72. The first-order valence-corrected chi connectivity index (χ1v) is 20.1. The number of hydrogen-bond donors (Lipinski definition) is 3. The lowest BCUT2D eigenvalue weighted by molar-refractivity contribution is -0.143. The number of thiazole rings is 1. The van der Waals surface area contributed by atoms with Gasteiger partial charge in [0.2, 0.25) is 11.8 Å². The largest absolute Gasteiger partial charge is 0.481 e. The van der Waals surface area contributed by atoms with Crippen molar-refractivity contribution in [1.29, 1.82) is 0 Å². The zero-order valence-electron chi connectivity index (χ0n) is 32.3. The first kappa shape index (κ1) is 41.4. The summed E-state index contributed by atoms with van der Waals surface area (Å²) >= 11 is 1.34. The lowest BCUT2D eigenvalue weighted by atomic mass is 9.74. The standard InChI is InChI=1S/C40H61N5O6S/c1-9-25(5)34(43-37(47)35-28-16-18-30(19-17-28)44(35)7)39(48)45(8)32(24(3)4)22-33(51-10-2)38-42-31(23-52-38)36(46)41-29(20-26(6)40(49)50)21-27-14-12-11-13-15-27/h11-15,23-26,28-30,32-35H,9-10,16-22H2,1-8H3,(H,41,46)(H,43,47)(H,49,50)/t25-,26-,28?,29+,30?,32+,33+,34-,35+/m0/s1. The van der Waals surface area contributed by atoms with Gasteiger partial charge in [0.1, 0.15) is 22.8 Å². The van der Waals surface area contributed by atoms with Crippen LogP contribution in [-0.4, -0.2) is 94.5 Å². The highest BCUT2D eigenvalue weighted by Crippen LogP contribution is 2.39. The van der Waals surface area contributed by atoms with Gasteiger partial charge in [0.25, 0.3) is 5.91 Å². The Morgan fingerprint density at radius 3 is 2.27 bits per heavy atom. The van der Waals surface area contributed by atoms with Crippen LogP contribution in [0.2, 0.25) is 0 Å². The lowest BCUT2D eigenvalue weighted by Crippen LogP contribution is -2.62. The molecule has 2 bridgehead atoms. The number of rotatable bonds is 19. The Bertz CT molecular complexity index is 1480. The molecule has 1 aromatic carbocycles. The van der Waals surface area contributed by atoms with Crippen molar-refractivity contribution in [3.05, 3.63) is 52.0 Å². The number of ether oxygens (including phenoxy) is 1. The van der Waals surface area contributed by atoms with E-state index in [9.17, 15) is 24.3 Å². The second-order valence-electron chi connectivity index (χ2n) is 15.4. The summed E-state index contributed by atoms with van der Waals surface area (Å²) in [6.07, 6.45) is 5.89. The summed E-state index contributed by atoms with van der Waals surface area (Å²) in [5, 5.41) is 18.1. The molecule has 3 fully saturated rings. The average molecular weight is 740 g/mol. The topological polar surface area (TPSA) is 141 Å². The van der Waals surface area contributed by atoms with Crippen molar-refractivity contribution in [1.82, 2.24) is 25.4 Å². The van der Waals surface area contributed by atoms with Crippen molar-refractivity contribution in [2.45, 2.75) is 129 Å². The number of hydrogen-bond acceptors (Lipinski definition) is 8. The zero-order valence-corrected chi connectivity index (χ0v) is 33.2. The molecule has 3 amide bonds. The molecule has 11 nitrogen and oxygen atoms in total. The Balaban J connectivity index is 1.48. The van der Waals surface area contributed by atoms with Crippen molar-refractivity contribution in [3.63, 3.8) is 0 Å². The molecule has 0 spiro atoms. The summed E-state index contributed by atoms with van der Waals surface area (Å²) < 4.78 is 6.22. The minimum absolute atomic E-state index is 0.0470. The summed E-state index contributed by atoms with van der Waals surface area (Å²) in [7, 11) is 3.86. The molecule has 5 rings (SSSR count). The fourth-order valence-electron chi connectivity index (χ4n) is 8.04. The number of fused-ring (bicyclic) bond motifs is 3. The lowest BCUT2D eigenvalue weighted by Gasteiger charge is -2.49. The summed E-state index contributed by atoms with van der Waals surface area (Å²) in [6, 6.07) is 8.64. The maximum atomic E-state index is 14.3. The molecule has 1 saturated carbocycles. The van der Waals surface area contributed by atoms with Crippen molar-refractivity contribution >= 4 is 35.0 Å². The van der Waals surface area contributed by atoms with E-state index in [0.29, 0.717) is 36.4 Å². The van der Waals surface area contributed by atoms with Crippen LogP contribution in [0.25, 0.3) is 0 Å². The van der Waals surface area contributed by atoms with E-state index >= 15 is 0 Å². The van der Waals surface area contributed by atoms with E-state index in [1.807, 2.05) is 65.2 Å². The molecule has 3 aliphatic rings. The van der Waals surface area contributed by atoms with E-state index in [4.69, 9.17) is 9.72 Å². The molecule has 3 heterocycles. The Labute approximate surface area is 314 Å². The SMILES string of the molecule is CCO[C@H](C[C@H](C(C)C)N(C)C(=O)[C@@H](NC(=O)[C@H]1C2CCC(CC2)N1C)[C@@H](C)CC)c1nc(C(=O)N[C@@H](Cc2ccccc2)C[C@H](C)C(=O)O)cs1. The Hall–Kier alpha value is -3.35. The minimum atomic E-state index is -0.910. The number of carbonyl (C=O) groups excluding carboxylic acids is 3. The molecule has 2 saturated heterocycles. The Morgan fingerprint density at radius 1 is 1.02 bits per heavy atom. The van der Waals surface area contributed by atoms with Gasteiger partial charge in [0.15, 0.2) is 0 Å². The van der Waals surface area contributed by atoms with Gasteiger partial charge < -0.3 is 25.4 Å². The predicted octanol–water partition coefficient (Wildman–Crippen LogP) is 5.95. The monoisotopic (exact) mass is 739 g/mol. The van der Waals surface area contributed by atoms with Crippen LogP contribution in [0.15, 0.2) is 35.7 Å². The maximum absolute atomic E-state index is 14.3. The van der Waals surface area contributed by atoms with Crippen molar-refractivity contribution in [2.24, 2.45) is 23.7 Å². The number of aromatic nitrogens is 1. The second kappa shape index (κ2) is 19.1. The van der Waals surface area contributed by atoms with Crippen LogP contribution in [0.4, 0.5) is 0 Å². The number of likely N-dealkylation sites (N-methyl/N-ethyl adjacent to an activating group) is 2. The van der Waals surface area contributed by atoms with Crippen LogP contribution < -0.4 is 10.6 Å². The number of carboxylic acids is 1. The zero-order chi connectivity index (χ0) is 38.1. The van der Waals surface area contributed by atoms with Gasteiger partial charge in [0, 0.05) is 43.6 Å². The van der Waals surface area contributed by atoms with Crippen LogP contribution >= 0.6 is 11.3 Å². The molecule has 7 atom stereocenters. The predicted molar refractivity (Wildman–Crippen MR) is 204 cm³/mol. The summed E-state index contributed by atoms with van der Waals surface area (Å²) in [4.78, 5) is 62.0. The third-order valence-corrected chi connectivity index (χ3v) is 12.4. The van der Waals surface area contributed by atoms with Gasteiger partial charge in [-0.15, -0.1) is 11.3 Å². The summed E-state index contributed by atoms with van der Waals surface area (Å²) in [6.45, 7) is 12.2. The van der Waals surface area contributed by atoms with E-state index in [1.165, 1.54) is 11.3 Å². The van der Waals surface area contributed by atoms with E-state index < -0.39 is 30.1 Å². The normalized spacial score (nSPS) is 22.2. The van der Waals surface area contributed by atoms with Crippen LogP contribution in [0.1, 0.15) is 114 Å². The number of carboxylic acid groups (broad SMARTS) is 1. The van der Waals surface area contributed by atoms with Gasteiger partial charge in [-0.1, -0.05) is 71.4 Å². The number of benzene rings is 1. The van der Waals surface area contributed by atoms with Gasteiger partial charge >= 0.3 is 5.97 Å². The number of nitrogens with zero attached hydrogens (tertiary/aromatic N) is 3. The van der Waals surface area contributed by atoms with Gasteiger partial charge in [-0.25, -0.2) is 4.98 Å². The molecule has 2 aliphatic heterocycles. The van der Waals surface area contributed by atoms with Gasteiger partial charge in [-0.2, -0.15) is 0 Å². The van der Waals surface area contributed by atoms with Crippen LogP contribution in [0.5, 0.6) is 0 Å². The smallest absolute Gasteiger partial charge is 0.306 e. The minimum Gasteiger partial charge on any atom is -0.481 e. The first-order valence-electron chi connectivity index (χ1n) is 19.2. The van der Waals surface area contributed by atoms with Crippen molar-refractivity contribution < 1.29 is 29.0 Å². The third-order valence-electron chi connectivity index (χ3n) is 11.4. The number of nitrogens with one attached hydrogen (secondary N) is 2. The molecule has 52 heavy (non-hydrogen) atoms. The Kier molecular flexibility index (Phi) is 15.2. The van der Waals surface area contributed by atoms with Crippen LogP contribution in [0.3, 0.4) is 0 Å². The Morgan fingerprint density at radius 2 is 1.69 bits per heavy atom. The second-order valence-corrected chi connectivity index (χ2v) is 16.3. The van der Waals surface area contributed by atoms with Gasteiger partial charge in [-0.3, -0.25) is 24.1 Å². The van der Waals surface area contributed by atoms with Crippen LogP contribution in [0, 0.1) is 23.7 Å². The molecule has 0 radical (unpaired) electrons. The molecule has 288 valence electrons. The van der Waals surface area contributed by atoms with Crippen LogP contribution in [-0.2, 0) is 25.5 Å². The average Bonchev–Trinajstić information content (AvgIpc) is 3.62. The quantitative estimate of drug-likeness (QED) is 0.161. The molecule has 1 aromatic heterocycles. The number of carbonyl (C=O) groups is 4. The molecule has 2 aromatic rings. The van der Waals surface area contributed by atoms with E-state index in [-0.39, 0.29) is 53.8 Å². The number of piperidine rings is 2. The highest BCUT2D eigenvalue weighted by Gasteiger charge is 2.45. The molecule has 12 heteroatoms. The fraction of sp³-hybridized carbons (Fsp3) is 0.675. The first-order chi connectivity index (χ1) is 24.7. The molecular weight excluding hydrogens is 679 g/mol. The van der Waals surface area contributed by atoms with E-state index in [0.717, 1.165) is 37.7 Å². The summed E-state index contributed by atoms with van der Waals surface area (Å²) in [5.41, 5.74) is 1.25. The third kappa shape index (κ3) is 10.4. The number of amides is 3. The van der Waals surface area contributed by atoms with Crippen molar-refractivity contribution in [3.8, 4) is 0 Å². The highest BCUT2D eigenvalue weighted by atomic mass is 32.1. The molecule has 0 unspecified atom stereocenters. The molecular formula is C40H61N5O6S. The molecule has 1 aliphatic carbocycles. The van der Waals surface area contributed by atoms with Gasteiger partial charge in [-0.05, 0) is 75.8 Å². The van der Waals surface area contributed by atoms with E-state index in [2.05, 4.69) is 29.4 Å². The fourth-order valence-corrected chi connectivity index (χ4v) is 8.90. The molecule has 3 N–H and O–H groups in total. The van der Waals surface area contributed by atoms with E-state index in [1.54, 1.807) is 17.2 Å². The van der Waals surface area contributed by atoms with Crippen molar-refractivity contribution in [2.75, 3.05) is 20.7 Å². The van der Waals surface area contributed by atoms with Gasteiger partial charge in [0.05, 0.1) is 12.0 Å². The maximum Gasteiger partial charge on any atom is 0.306 e.